The van der Waals surface area contributed by atoms with E-state index in [1.54, 1.807) is 18.2 Å². The van der Waals surface area contributed by atoms with Crippen LogP contribution in [0.2, 0.25) is 0 Å². The van der Waals surface area contributed by atoms with Crippen molar-refractivity contribution in [1.29, 1.82) is 0 Å². The molecule has 26 heavy (non-hydrogen) atoms. The minimum atomic E-state index is -3.71. The maximum Gasteiger partial charge on any atom is 0.251 e. The first-order valence-corrected chi connectivity index (χ1v) is 10.7. The van der Waals surface area contributed by atoms with Crippen LogP contribution in [0.25, 0.3) is 0 Å². The fourth-order valence-electron chi connectivity index (χ4n) is 5.12. The first kappa shape index (κ1) is 17.5. The predicted octanol–water partition coefficient (Wildman–Crippen LogP) is 2.11. The SMILES string of the molecule is CC1(C)C2CCC1(CS(=O)(=O)Nc1ccc3c(c1)C(=O)NCC3)C(=O)C2. The number of benzene rings is 1. The van der Waals surface area contributed by atoms with Gasteiger partial charge < -0.3 is 5.32 Å². The fourth-order valence-corrected chi connectivity index (χ4v) is 7.01. The monoisotopic (exact) mass is 376 g/mol. The van der Waals surface area contributed by atoms with E-state index in [2.05, 4.69) is 10.0 Å². The van der Waals surface area contributed by atoms with Gasteiger partial charge in [0.15, 0.2) is 0 Å². The lowest BCUT2D eigenvalue weighted by Gasteiger charge is -2.36. The number of carbonyl (C=O) groups excluding carboxylic acids is 2. The lowest BCUT2D eigenvalue weighted by atomic mass is 9.70. The molecule has 1 heterocycles. The fraction of sp³-hybridized carbons (Fsp3) is 0.579. The first-order valence-electron chi connectivity index (χ1n) is 9.10. The highest BCUT2D eigenvalue weighted by Crippen LogP contribution is 2.64. The molecule has 2 saturated carbocycles. The summed E-state index contributed by atoms with van der Waals surface area (Å²) in [7, 11) is -3.71. The number of fused-ring (bicyclic) bond motifs is 3. The molecule has 1 amide bonds. The Morgan fingerprint density at radius 2 is 2.04 bits per heavy atom. The van der Waals surface area contributed by atoms with Crippen molar-refractivity contribution in [3.63, 3.8) is 0 Å². The third kappa shape index (κ3) is 2.47. The summed E-state index contributed by atoms with van der Waals surface area (Å²) in [6.45, 7) is 4.64. The van der Waals surface area contributed by atoms with Crippen molar-refractivity contribution in [1.82, 2.24) is 5.32 Å². The Balaban J connectivity index is 1.60. The van der Waals surface area contributed by atoms with Crippen molar-refractivity contribution in [3.05, 3.63) is 29.3 Å². The maximum absolute atomic E-state index is 12.9. The molecule has 0 saturated heterocycles. The van der Waals surface area contributed by atoms with E-state index in [0.29, 0.717) is 30.6 Å². The molecule has 2 N–H and O–H groups in total. The molecule has 2 fully saturated rings. The van der Waals surface area contributed by atoms with Gasteiger partial charge in [-0.05, 0) is 48.3 Å². The van der Waals surface area contributed by atoms with E-state index >= 15 is 0 Å². The third-order valence-electron chi connectivity index (χ3n) is 6.88. The topological polar surface area (TPSA) is 92.3 Å². The van der Waals surface area contributed by atoms with Crippen molar-refractivity contribution in [2.75, 3.05) is 17.0 Å². The quantitative estimate of drug-likeness (QED) is 0.842. The van der Waals surface area contributed by atoms with Crippen LogP contribution in [0.3, 0.4) is 0 Å². The lowest BCUT2D eigenvalue weighted by molar-refractivity contribution is -0.128. The van der Waals surface area contributed by atoms with Crippen LogP contribution in [0, 0.1) is 16.7 Å². The van der Waals surface area contributed by atoms with Gasteiger partial charge in [-0.15, -0.1) is 0 Å². The Morgan fingerprint density at radius 3 is 2.69 bits per heavy atom. The van der Waals surface area contributed by atoms with Gasteiger partial charge in [0.1, 0.15) is 5.78 Å². The molecule has 1 aliphatic heterocycles. The summed E-state index contributed by atoms with van der Waals surface area (Å²) in [6, 6.07) is 5.06. The highest BCUT2D eigenvalue weighted by molar-refractivity contribution is 7.92. The van der Waals surface area contributed by atoms with Gasteiger partial charge in [0, 0.05) is 24.2 Å². The normalized spacial score (nSPS) is 29.4. The molecular weight excluding hydrogens is 352 g/mol. The molecule has 1 aromatic rings. The van der Waals surface area contributed by atoms with Gasteiger partial charge in [0.05, 0.1) is 11.2 Å². The van der Waals surface area contributed by atoms with E-state index in [1.807, 2.05) is 13.8 Å². The van der Waals surface area contributed by atoms with Crippen molar-refractivity contribution in [2.24, 2.45) is 16.7 Å². The van der Waals surface area contributed by atoms with E-state index in [9.17, 15) is 18.0 Å². The standard InChI is InChI=1S/C19H24N2O4S/c1-18(2)13-5-7-19(18,16(22)9-13)11-26(24,25)21-14-4-3-12-6-8-20-17(23)15(12)10-14/h3-4,10,13,21H,5-9,11H2,1-2H3,(H,20,23). The number of ketones is 1. The number of carbonyl (C=O) groups is 2. The van der Waals surface area contributed by atoms with Crippen LogP contribution in [-0.4, -0.2) is 32.4 Å². The van der Waals surface area contributed by atoms with Crippen molar-refractivity contribution in [3.8, 4) is 0 Å². The van der Waals surface area contributed by atoms with E-state index < -0.39 is 15.4 Å². The van der Waals surface area contributed by atoms with Gasteiger partial charge in [-0.3, -0.25) is 14.3 Å². The summed E-state index contributed by atoms with van der Waals surface area (Å²) in [4.78, 5) is 24.6. The Morgan fingerprint density at radius 1 is 1.27 bits per heavy atom. The van der Waals surface area contributed by atoms with E-state index in [4.69, 9.17) is 0 Å². The third-order valence-corrected chi connectivity index (χ3v) is 8.30. The number of rotatable bonds is 4. The van der Waals surface area contributed by atoms with E-state index in [1.165, 1.54) is 0 Å². The molecule has 0 aromatic heterocycles. The zero-order chi connectivity index (χ0) is 18.7. The van der Waals surface area contributed by atoms with Crippen LogP contribution in [0.4, 0.5) is 5.69 Å². The molecule has 140 valence electrons. The Kier molecular flexibility index (Phi) is 3.74. The average Bonchev–Trinajstić information content (AvgIpc) is 2.89. The van der Waals surface area contributed by atoms with Crippen LogP contribution < -0.4 is 10.0 Å². The molecule has 0 radical (unpaired) electrons. The smallest absolute Gasteiger partial charge is 0.251 e. The summed E-state index contributed by atoms with van der Waals surface area (Å²) in [5, 5.41) is 2.76. The highest BCUT2D eigenvalue weighted by atomic mass is 32.2. The van der Waals surface area contributed by atoms with Gasteiger partial charge in [-0.2, -0.15) is 0 Å². The molecule has 1 aromatic carbocycles. The molecule has 2 bridgehead atoms. The van der Waals surface area contributed by atoms with E-state index in [0.717, 1.165) is 18.4 Å². The average molecular weight is 376 g/mol. The Hall–Kier alpha value is -1.89. The Bertz CT molecular complexity index is 906. The molecule has 2 aliphatic carbocycles. The predicted molar refractivity (Wildman–Crippen MR) is 98.5 cm³/mol. The van der Waals surface area contributed by atoms with Crippen LogP contribution in [0.15, 0.2) is 18.2 Å². The number of hydrogen-bond acceptors (Lipinski definition) is 4. The van der Waals surface area contributed by atoms with Crippen LogP contribution >= 0.6 is 0 Å². The molecule has 2 atom stereocenters. The van der Waals surface area contributed by atoms with E-state index in [-0.39, 0.29) is 28.8 Å². The molecule has 6 nitrogen and oxygen atoms in total. The largest absolute Gasteiger partial charge is 0.352 e. The summed E-state index contributed by atoms with van der Waals surface area (Å²) >= 11 is 0. The summed E-state index contributed by atoms with van der Waals surface area (Å²) in [6.07, 6.45) is 2.77. The minimum absolute atomic E-state index is 0.0777. The lowest BCUT2D eigenvalue weighted by Crippen LogP contribution is -2.43. The summed E-state index contributed by atoms with van der Waals surface area (Å²) in [5.41, 5.74) is 0.702. The van der Waals surface area contributed by atoms with Crippen LogP contribution in [0.5, 0.6) is 0 Å². The highest BCUT2D eigenvalue weighted by Gasteiger charge is 2.65. The molecule has 3 aliphatic rings. The second kappa shape index (κ2) is 5.55. The Labute approximate surface area is 153 Å². The molecule has 7 heteroatoms. The number of amides is 1. The van der Waals surface area contributed by atoms with Crippen LogP contribution in [-0.2, 0) is 21.2 Å². The zero-order valence-electron chi connectivity index (χ0n) is 15.1. The van der Waals surface area contributed by atoms with Gasteiger partial charge in [-0.25, -0.2) is 8.42 Å². The van der Waals surface area contributed by atoms with Gasteiger partial charge in [-0.1, -0.05) is 19.9 Å². The van der Waals surface area contributed by atoms with Gasteiger partial charge in [0.25, 0.3) is 5.91 Å². The van der Waals surface area contributed by atoms with Gasteiger partial charge in [0.2, 0.25) is 10.0 Å². The van der Waals surface area contributed by atoms with Gasteiger partial charge >= 0.3 is 0 Å². The van der Waals surface area contributed by atoms with Crippen LogP contribution in [0.1, 0.15) is 49.0 Å². The van der Waals surface area contributed by atoms with Crippen molar-refractivity contribution in [2.45, 2.75) is 39.5 Å². The molecule has 4 rings (SSSR count). The molecular formula is C19H24N2O4S. The number of sulfonamides is 1. The molecule has 2 unspecified atom stereocenters. The van der Waals surface area contributed by atoms with Crippen molar-refractivity contribution >= 4 is 27.4 Å². The molecule has 0 spiro atoms. The minimum Gasteiger partial charge on any atom is -0.352 e. The van der Waals surface area contributed by atoms with Crippen molar-refractivity contribution < 1.29 is 18.0 Å². The maximum atomic E-state index is 12.9. The second-order valence-electron chi connectivity index (χ2n) is 8.41. The summed E-state index contributed by atoms with van der Waals surface area (Å²) in [5.74, 6) is -0.0192. The second-order valence-corrected chi connectivity index (χ2v) is 10.1. The number of anilines is 1. The first-order chi connectivity index (χ1) is 12.1. The number of hydrogen-bond donors (Lipinski definition) is 2. The zero-order valence-corrected chi connectivity index (χ0v) is 15.9. The number of Topliss-reactive ketones (excluding diaryl/α,β-unsaturated/α-hetero) is 1. The summed E-state index contributed by atoms with van der Waals surface area (Å²) < 4.78 is 28.3. The number of nitrogens with one attached hydrogen (secondary N) is 2.